The number of aromatic amines is 1. The smallest absolute Gasteiger partial charge is 0.273 e. The van der Waals surface area contributed by atoms with E-state index in [0.717, 1.165) is 12.8 Å². The normalized spacial score (nSPS) is 14.9. The number of carbonyl (C=O) groups excluding carboxylic acids is 1. The van der Waals surface area contributed by atoms with Crippen LogP contribution in [-0.2, 0) is 14.8 Å². The van der Waals surface area contributed by atoms with Crippen molar-refractivity contribution >= 4 is 15.9 Å². The van der Waals surface area contributed by atoms with E-state index in [-0.39, 0.29) is 23.3 Å². The average Bonchev–Trinajstić information content (AvgIpc) is 3.38. The van der Waals surface area contributed by atoms with Crippen LogP contribution in [0.4, 0.5) is 0 Å². The molecule has 2 N–H and O–H groups in total. The number of carbonyl (C=O) groups is 1. The molecule has 26 heavy (non-hydrogen) atoms. The van der Waals surface area contributed by atoms with E-state index < -0.39 is 10.0 Å². The van der Waals surface area contributed by atoms with E-state index in [1.54, 1.807) is 12.0 Å². The van der Waals surface area contributed by atoms with Crippen molar-refractivity contribution < 1.29 is 22.4 Å². The maximum absolute atomic E-state index is 12.6. The number of hydrogen-bond acceptors (Lipinski definition) is 6. The van der Waals surface area contributed by atoms with E-state index in [9.17, 15) is 13.2 Å². The number of nitrogens with one attached hydrogen (secondary N) is 2. The predicted molar refractivity (Wildman–Crippen MR) is 93.1 cm³/mol. The molecule has 0 aromatic carbocycles. The molecular weight excluding hydrogens is 360 g/mol. The van der Waals surface area contributed by atoms with Crippen molar-refractivity contribution in [3.8, 4) is 11.5 Å². The van der Waals surface area contributed by atoms with Gasteiger partial charge in [0.2, 0.25) is 5.09 Å². The maximum Gasteiger partial charge on any atom is 0.273 e. The molecule has 0 aliphatic carbocycles. The molecular formula is C16H22N4O5S. The van der Waals surface area contributed by atoms with Crippen LogP contribution in [0, 0.1) is 0 Å². The zero-order chi connectivity index (χ0) is 18.6. The zero-order valence-electron chi connectivity index (χ0n) is 14.5. The molecule has 0 atom stereocenters. The number of rotatable bonds is 8. The topological polar surface area (TPSA) is 118 Å². The SMILES string of the molecule is COCCCNS(=O)(=O)c1ccc(-c2[nH]ncc2C(=O)N2CCCC2)o1. The molecule has 1 amide bonds. The van der Waals surface area contributed by atoms with Crippen LogP contribution in [0.25, 0.3) is 11.5 Å². The zero-order valence-corrected chi connectivity index (χ0v) is 15.3. The summed E-state index contributed by atoms with van der Waals surface area (Å²) in [5.74, 6) is 0.118. The van der Waals surface area contributed by atoms with Crippen molar-refractivity contribution in [1.29, 1.82) is 0 Å². The number of ether oxygens (including phenoxy) is 1. The standard InChI is InChI=1S/C16H22N4O5S/c1-24-10-4-7-18-26(22,23)14-6-5-13(25-14)15-12(11-17-19-15)16(21)20-8-2-3-9-20/h5-6,11,18H,2-4,7-10H2,1H3,(H,17,19). The highest BCUT2D eigenvalue weighted by Crippen LogP contribution is 2.27. The van der Waals surface area contributed by atoms with E-state index >= 15 is 0 Å². The van der Waals surface area contributed by atoms with Crippen LogP contribution in [0.15, 0.2) is 27.8 Å². The summed E-state index contributed by atoms with van der Waals surface area (Å²) >= 11 is 0. The third-order valence-electron chi connectivity index (χ3n) is 4.17. The Morgan fingerprint density at radius 1 is 1.38 bits per heavy atom. The second kappa shape index (κ2) is 8.02. The van der Waals surface area contributed by atoms with E-state index in [4.69, 9.17) is 9.15 Å². The lowest BCUT2D eigenvalue weighted by atomic mass is 10.2. The maximum atomic E-state index is 12.6. The lowest BCUT2D eigenvalue weighted by molar-refractivity contribution is 0.0793. The monoisotopic (exact) mass is 382 g/mol. The lowest BCUT2D eigenvalue weighted by Gasteiger charge is -2.14. The second-order valence-corrected chi connectivity index (χ2v) is 7.72. The average molecular weight is 382 g/mol. The van der Waals surface area contributed by atoms with Gasteiger partial charge in [-0.25, -0.2) is 13.1 Å². The molecule has 3 rings (SSSR count). The van der Waals surface area contributed by atoms with Gasteiger partial charge < -0.3 is 14.1 Å². The fourth-order valence-corrected chi connectivity index (χ4v) is 3.82. The first-order valence-electron chi connectivity index (χ1n) is 8.44. The number of amides is 1. The summed E-state index contributed by atoms with van der Waals surface area (Å²) in [5, 5.41) is 6.44. The quantitative estimate of drug-likeness (QED) is 0.663. The molecule has 2 aromatic heterocycles. The fraction of sp³-hybridized carbons (Fsp3) is 0.500. The summed E-state index contributed by atoms with van der Waals surface area (Å²) in [6.07, 6.45) is 3.96. The fourth-order valence-electron chi connectivity index (χ4n) is 2.82. The van der Waals surface area contributed by atoms with Crippen molar-refractivity contribution in [3.63, 3.8) is 0 Å². The van der Waals surface area contributed by atoms with Gasteiger partial charge in [-0.3, -0.25) is 9.89 Å². The molecule has 0 bridgehead atoms. The van der Waals surface area contributed by atoms with Gasteiger partial charge in [0.05, 0.1) is 11.8 Å². The third-order valence-corrected chi connectivity index (χ3v) is 5.51. The van der Waals surface area contributed by atoms with Crippen molar-refractivity contribution in [2.45, 2.75) is 24.4 Å². The van der Waals surface area contributed by atoms with Gasteiger partial charge in [0.15, 0.2) is 5.76 Å². The second-order valence-electron chi connectivity index (χ2n) is 6.02. The minimum atomic E-state index is -3.76. The first-order chi connectivity index (χ1) is 12.5. The first-order valence-corrected chi connectivity index (χ1v) is 9.92. The highest BCUT2D eigenvalue weighted by Gasteiger charge is 2.26. The Kier molecular flexibility index (Phi) is 5.74. The summed E-state index contributed by atoms with van der Waals surface area (Å²) < 4.78 is 37.3. The molecule has 1 saturated heterocycles. The summed E-state index contributed by atoms with van der Waals surface area (Å²) in [6, 6.07) is 2.87. The Morgan fingerprint density at radius 2 is 2.15 bits per heavy atom. The summed E-state index contributed by atoms with van der Waals surface area (Å²) in [7, 11) is -2.21. The summed E-state index contributed by atoms with van der Waals surface area (Å²) in [6.45, 7) is 2.14. The van der Waals surface area contributed by atoms with E-state index in [2.05, 4.69) is 14.9 Å². The summed E-state index contributed by atoms with van der Waals surface area (Å²) in [5.41, 5.74) is 0.751. The molecule has 1 aliphatic rings. The number of hydrogen-bond donors (Lipinski definition) is 2. The Morgan fingerprint density at radius 3 is 2.88 bits per heavy atom. The number of aromatic nitrogens is 2. The largest absolute Gasteiger partial charge is 0.442 e. The van der Waals surface area contributed by atoms with Crippen molar-refractivity contribution in [1.82, 2.24) is 19.8 Å². The van der Waals surface area contributed by atoms with Crippen molar-refractivity contribution in [2.24, 2.45) is 0 Å². The molecule has 1 aliphatic heterocycles. The van der Waals surface area contributed by atoms with Gasteiger partial charge in [0, 0.05) is 33.4 Å². The number of furan rings is 1. The van der Waals surface area contributed by atoms with Crippen LogP contribution in [0.2, 0.25) is 0 Å². The molecule has 0 unspecified atom stereocenters. The molecule has 0 radical (unpaired) electrons. The Bertz CT molecular complexity index is 852. The Hall–Kier alpha value is -2.17. The molecule has 2 aromatic rings. The highest BCUT2D eigenvalue weighted by atomic mass is 32.2. The number of sulfonamides is 1. The van der Waals surface area contributed by atoms with Crippen LogP contribution < -0.4 is 4.72 Å². The number of nitrogens with zero attached hydrogens (tertiary/aromatic N) is 2. The van der Waals surface area contributed by atoms with E-state index in [0.29, 0.717) is 37.4 Å². The lowest BCUT2D eigenvalue weighted by Crippen LogP contribution is -2.27. The molecule has 0 saturated carbocycles. The molecule has 0 spiro atoms. The van der Waals surface area contributed by atoms with Gasteiger partial charge in [0.25, 0.3) is 15.9 Å². The Balaban J connectivity index is 1.76. The van der Waals surface area contributed by atoms with Crippen LogP contribution in [0.5, 0.6) is 0 Å². The summed E-state index contributed by atoms with van der Waals surface area (Å²) in [4.78, 5) is 14.3. The number of likely N-dealkylation sites (tertiary alicyclic amines) is 1. The van der Waals surface area contributed by atoms with Crippen LogP contribution in [0.1, 0.15) is 29.6 Å². The van der Waals surface area contributed by atoms with Gasteiger partial charge in [0.1, 0.15) is 5.69 Å². The number of methoxy groups -OCH3 is 1. The molecule has 10 heteroatoms. The third kappa shape index (κ3) is 3.97. The van der Waals surface area contributed by atoms with Gasteiger partial charge >= 0.3 is 0 Å². The van der Waals surface area contributed by atoms with Crippen LogP contribution >= 0.6 is 0 Å². The highest BCUT2D eigenvalue weighted by molar-refractivity contribution is 7.89. The van der Waals surface area contributed by atoms with Gasteiger partial charge in [-0.05, 0) is 31.4 Å². The molecule has 142 valence electrons. The number of H-pyrrole nitrogens is 1. The van der Waals surface area contributed by atoms with E-state index in [1.165, 1.54) is 18.3 Å². The van der Waals surface area contributed by atoms with Gasteiger partial charge in [-0.15, -0.1) is 0 Å². The molecule has 1 fully saturated rings. The first kappa shape index (κ1) is 18.6. The van der Waals surface area contributed by atoms with Crippen LogP contribution in [-0.4, -0.2) is 62.8 Å². The van der Waals surface area contributed by atoms with Crippen molar-refractivity contribution in [2.75, 3.05) is 33.4 Å². The van der Waals surface area contributed by atoms with Gasteiger partial charge in [-0.1, -0.05) is 0 Å². The minimum absolute atomic E-state index is 0.134. The van der Waals surface area contributed by atoms with Gasteiger partial charge in [-0.2, -0.15) is 5.10 Å². The minimum Gasteiger partial charge on any atom is -0.442 e. The Labute approximate surface area is 151 Å². The van der Waals surface area contributed by atoms with E-state index in [1.807, 2.05) is 0 Å². The molecule has 9 nitrogen and oxygen atoms in total. The predicted octanol–water partition coefficient (Wildman–Crippen LogP) is 1.22. The molecule has 3 heterocycles. The van der Waals surface area contributed by atoms with Crippen molar-refractivity contribution in [3.05, 3.63) is 23.9 Å². The van der Waals surface area contributed by atoms with Crippen LogP contribution in [0.3, 0.4) is 0 Å².